The number of nitrogens with one attached hydrogen (secondary N) is 1. The molecule has 7 N–H and O–H groups in total. The van der Waals surface area contributed by atoms with Gasteiger partial charge >= 0.3 is 5.97 Å². The molecule has 1 aromatic carbocycles. The van der Waals surface area contributed by atoms with Gasteiger partial charge in [-0.25, -0.2) is 4.79 Å². The van der Waals surface area contributed by atoms with E-state index >= 15 is 0 Å². The molecule has 1 fully saturated rings. The number of aromatic carboxylic acids is 1. The molecule has 1 saturated heterocycles. The molecular weight excluding hydrogens is 298 g/mol. The number of nitrogens with zero attached hydrogens (tertiary/aromatic N) is 1. The number of carbonyl (C=O) groups is 1. The first-order chi connectivity index (χ1) is 9.79. The number of aryl methyl sites for hydroxylation is 1. The second-order valence-electron chi connectivity index (χ2n) is 4.87. The number of hydrogen-bond acceptors (Lipinski definition) is 7. The number of hydrogen-bond donors (Lipinski definition) is 6. The number of carboxylic acids is 1. The van der Waals surface area contributed by atoms with Gasteiger partial charge < -0.3 is 15.9 Å². The summed E-state index contributed by atoms with van der Waals surface area (Å²) >= 11 is 0. The average molecular weight is 317 g/mol. The number of anilines is 1. The normalized spacial score (nSPS) is 23.1. The number of β-amino-alcohol motifs (C(OH)–C–C–N with tert-alkyl or cyclic N) is 1. The summed E-state index contributed by atoms with van der Waals surface area (Å²) in [5.41, 5.74) is 6.82. The van der Waals surface area contributed by atoms with E-state index in [9.17, 15) is 19.0 Å². The number of aliphatic hydroxyl groups excluding tert-OH is 1. The van der Waals surface area contributed by atoms with Gasteiger partial charge in [0.2, 0.25) is 0 Å². The van der Waals surface area contributed by atoms with Crippen LogP contribution in [0.1, 0.15) is 22.3 Å². The Morgan fingerprint density at radius 1 is 1.48 bits per heavy atom. The number of carboxylic acid groups (broad SMARTS) is 1. The number of benzene rings is 1. The van der Waals surface area contributed by atoms with E-state index in [-0.39, 0.29) is 17.8 Å². The highest BCUT2D eigenvalue weighted by molar-refractivity contribution is 8.20. The Kier molecular flexibility index (Phi) is 4.71. The fourth-order valence-corrected chi connectivity index (χ4v) is 3.55. The van der Waals surface area contributed by atoms with Crippen LogP contribution < -0.4 is 10.5 Å². The minimum atomic E-state index is -3.09. The molecule has 1 aliphatic rings. The van der Waals surface area contributed by atoms with Crippen LogP contribution in [0.4, 0.5) is 5.69 Å². The first kappa shape index (κ1) is 16.0. The fraction of sp³-hybridized carbons (Fsp3) is 0.417. The summed E-state index contributed by atoms with van der Waals surface area (Å²) < 4.78 is 23.1. The molecule has 0 bridgehead atoms. The lowest BCUT2D eigenvalue weighted by molar-refractivity contribution is 0.0698. The molecule has 0 amide bonds. The van der Waals surface area contributed by atoms with Gasteiger partial charge in [-0.15, -0.1) is 0 Å². The summed E-state index contributed by atoms with van der Waals surface area (Å²) in [6, 6.07) is 4.76. The van der Waals surface area contributed by atoms with Crippen molar-refractivity contribution in [2.75, 3.05) is 18.8 Å². The molecule has 1 unspecified atom stereocenters. The van der Waals surface area contributed by atoms with Crippen molar-refractivity contribution >= 4 is 22.6 Å². The predicted octanol–water partition coefficient (Wildman–Crippen LogP) is 0.704. The molecule has 2 rings (SSSR count). The Balaban J connectivity index is 1.89. The van der Waals surface area contributed by atoms with Gasteiger partial charge in [0, 0.05) is 12.2 Å². The van der Waals surface area contributed by atoms with Gasteiger partial charge in [0.1, 0.15) is 6.23 Å². The minimum absolute atomic E-state index is 0.0693. The van der Waals surface area contributed by atoms with E-state index in [0.29, 0.717) is 19.4 Å². The number of nitrogen functional groups attached to an aromatic ring is 1. The van der Waals surface area contributed by atoms with Gasteiger partial charge in [0.25, 0.3) is 0 Å². The van der Waals surface area contributed by atoms with E-state index in [4.69, 9.17) is 10.8 Å². The van der Waals surface area contributed by atoms with Crippen LogP contribution in [0, 0.1) is 0 Å². The molecule has 1 heterocycles. The summed E-state index contributed by atoms with van der Waals surface area (Å²) in [6.07, 6.45) is 0.294. The lowest BCUT2D eigenvalue weighted by Gasteiger charge is -2.35. The van der Waals surface area contributed by atoms with Crippen LogP contribution in [-0.2, 0) is 6.42 Å². The standard InChI is InChI=1S/C12H19N3O5S/c13-10-6-8(3-4-9(10)12(17)18)2-1-5-15-7-11(16)14-21(15,19)20/h3-4,6,11,14,16,19-20H,1-2,5,7,13H2,(H,17,18). The molecule has 9 heteroatoms. The van der Waals surface area contributed by atoms with E-state index < -0.39 is 23.2 Å². The third-order valence-corrected chi connectivity index (χ3v) is 4.89. The van der Waals surface area contributed by atoms with Crippen molar-refractivity contribution < 1.29 is 24.1 Å². The minimum Gasteiger partial charge on any atom is -0.478 e. The third kappa shape index (κ3) is 3.84. The summed E-state index contributed by atoms with van der Waals surface area (Å²) in [5.74, 6) is -1.06. The van der Waals surface area contributed by atoms with Gasteiger partial charge in [-0.3, -0.25) is 9.11 Å². The van der Waals surface area contributed by atoms with Crippen LogP contribution in [0.2, 0.25) is 0 Å². The number of nitrogens with two attached hydrogens (primary N) is 1. The zero-order chi connectivity index (χ0) is 15.6. The fourth-order valence-electron chi connectivity index (χ4n) is 2.23. The lowest BCUT2D eigenvalue weighted by Crippen LogP contribution is -2.27. The van der Waals surface area contributed by atoms with E-state index in [0.717, 1.165) is 5.56 Å². The molecule has 0 aliphatic carbocycles. The first-order valence-electron chi connectivity index (χ1n) is 6.40. The van der Waals surface area contributed by atoms with Gasteiger partial charge in [0.05, 0.1) is 12.1 Å². The third-order valence-electron chi connectivity index (χ3n) is 3.25. The second-order valence-corrected chi connectivity index (χ2v) is 6.66. The van der Waals surface area contributed by atoms with Crippen molar-refractivity contribution in [3.63, 3.8) is 0 Å². The molecule has 0 spiro atoms. The summed E-state index contributed by atoms with van der Waals surface area (Å²) in [6.45, 7) is 0.551. The topological polar surface area (TPSA) is 139 Å². The van der Waals surface area contributed by atoms with Crippen LogP contribution in [0.5, 0.6) is 0 Å². The quantitative estimate of drug-likeness (QED) is 0.436. The molecular formula is C12H19N3O5S. The smallest absolute Gasteiger partial charge is 0.337 e. The Hall–Kier alpha value is -1.36. The van der Waals surface area contributed by atoms with Gasteiger partial charge in [-0.1, -0.05) is 17.0 Å². The monoisotopic (exact) mass is 317 g/mol. The molecule has 118 valence electrons. The maximum absolute atomic E-state index is 10.9. The summed E-state index contributed by atoms with van der Waals surface area (Å²) in [7, 11) is -3.09. The average Bonchev–Trinajstić information content (AvgIpc) is 2.61. The maximum Gasteiger partial charge on any atom is 0.337 e. The van der Waals surface area contributed by atoms with Crippen molar-refractivity contribution in [2.45, 2.75) is 19.1 Å². The van der Waals surface area contributed by atoms with E-state index in [1.807, 2.05) is 0 Å². The van der Waals surface area contributed by atoms with Crippen LogP contribution in [0.25, 0.3) is 0 Å². The largest absolute Gasteiger partial charge is 0.478 e. The lowest BCUT2D eigenvalue weighted by atomic mass is 10.1. The highest BCUT2D eigenvalue weighted by Gasteiger charge is 2.33. The van der Waals surface area contributed by atoms with E-state index in [1.54, 1.807) is 12.1 Å². The highest BCUT2D eigenvalue weighted by Crippen LogP contribution is 2.43. The molecule has 21 heavy (non-hydrogen) atoms. The van der Waals surface area contributed by atoms with Crippen molar-refractivity contribution in [1.82, 2.24) is 9.03 Å². The molecule has 1 aliphatic heterocycles. The van der Waals surface area contributed by atoms with Crippen LogP contribution in [-0.4, -0.2) is 48.9 Å². The van der Waals surface area contributed by atoms with Crippen molar-refractivity contribution in [3.05, 3.63) is 29.3 Å². The Bertz CT molecular complexity index is 540. The Labute approximate surface area is 123 Å². The predicted molar refractivity (Wildman–Crippen MR) is 79.7 cm³/mol. The molecule has 0 saturated carbocycles. The van der Waals surface area contributed by atoms with Gasteiger partial charge in [0.15, 0.2) is 0 Å². The molecule has 0 aromatic heterocycles. The number of aliphatic hydroxyl groups is 1. The highest BCUT2D eigenvalue weighted by atomic mass is 32.3. The summed E-state index contributed by atoms with van der Waals surface area (Å²) in [5, 5.41) is 18.2. The van der Waals surface area contributed by atoms with Crippen molar-refractivity contribution in [1.29, 1.82) is 0 Å². The van der Waals surface area contributed by atoms with E-state index in [2.05, 4.69) is 4.72 Å². The van der Waals surface area contributed by atoms with Gasteiger partial charge in [-0.05, 0) is 30.5 Å². The molecule has 8 nitrogen and oxygen atoms in total. The summed E-state index contributed by atoms with van der Waals surface area (Å²) in [4.78, 5) is 10.9. The van der Waals surface area contributed by atoms with Crippen molar-refractivity contribution in [3.8, 4) is 0 Å². The van der Waals surface area contributed by atoms with Gasteiger partial charge in [-0.2, -0.15) is 9.03 Å². The van der Waals surface area contributed by atoms with Crippen LogP contribution >= 0.6 is 11.0 Å². The SMILES string of the molecule is Nc1cc(CCCN2CC(O)NS2(O)O)ccc1C(=O)O. The van der Waals surface area contributed by atoms with Crippen LogP contribution in [0.3, 0.4) is 0 Å². The molecule has 1 aromatic rings. The number of rotatable bonds is 5. The van der Waals surface area contributed by atoms with E-state index in [1.165, 1.54) is 10.4 Å². The molecule has 0 radical (unpaired) electrons. The van der Waals surface area contributed by atoms with Crippen molar-refractivity contribution in [2.24, 2.45) is 0 Å². The van der Waals surface area contributed by atoms with Crippen LogP contribution in [0.15, 0.2) is 18.2 Å². The first-order valence-corrected chi connectivity index (χ1v) is 7.90. The Morgan fingerprint density at radius 3 is 2.71 bits per heavy atom. The molecule has 1 atom stereocenters. The zero-order valence-electron chi connectivity index (χ0n) is 11.3. The maximum atomic E-state index is 10.9. The Morgan fingerprint density at radius 2 is 2.19 bits per heavy atom. The second kappa shape index (κ2) is 6.18. The zero-order valence-corrected chi connectivity index (χ0v) is 12.1.